The quantitative estimate of drug-likeness (QED) is 0.921. The first kappa shape index (κ1) is 17.2. The smallest absolute Gasteiger partial charge is 0.255 e. The summed E-state index contributed by atoms with van der Waals surface area (Å²) in [6.45, 7) is 6.00. The fraction of sp³-hybridized carbons (Fsp3) is 0.389. The van der Waals surface area contributed by atoms with E-state index in [0.717, 1.165) is 17.1 Å². The van der Waals surface area contributed by atoms with E-state index in [-0.39, 0.29) is 11.7 Å². The first-order valence-corrected chi connectivity index (χ1v) is 7.69. The van der Waals surface area contributed by atoms with Crippen molar-refractivity contribution in [3.05, 3.63) is 53.1 Å². The fourth-order valence-corrected chi connectivity index (χ4v) is 2.65. The molecule has 124 valence electrons. The number of aliphatic hydroxyl groups is 1. The number of rotatable bonds is 5. The van der Waals surface area contributed by atoms with E-state index >= 15 is 0 Å². The minimum atomic E-state index is -0.433. The minimum absolute atomic E-state index is 0.0767. The second-order valence-corrected chi connectivity index (χ2v) is 5.96. The number of hydrogen-bond acceptors (Lipinski definition) is 2. The molecule has 0 saturated carbocycles. The molecule has 1 aromatic heterocycles. The Labute approximate surface area is 136 Å². The van der Waals surface area contributed by atoms with Gasteiger partial charge in [-0.25, -0.2) is 4.39 Å². The molecule has 2 rings (SSSR count). The van der Waals surface area contributed by atoms with Crippen LogP contribution in [0.2, 0.25) is 0 Å². The van der Waals surface area contributed by atoms with Crippen LogP contribution >= 0.6 is 0 Å². The summed E-state index contributed by atoms with van der Waals surface area (Å²) in [6.07, 6.45) is 0.107. The molecule has 0 saturated heterocycles. The highest BCUT2D eigenvalue weighted by molar-refractivity contribution is 5.95. The van der Waals surface area contributed by atoms with Crippen molar-refractivity contribution in [2.24, 2.45) is 0 Å². The maximum absolute atomic E-state index is 13.1. The molecule has 1 aromatic carbocycles. The molecule has 0 aliphatic carbocycles. The zero-order chi connectivity index (χ0) is 17.1. The third-order valence-corrected chi connectivity index (χ3v) is 3.98. The Bertz CT molecular complexity index is 690. The van der Waals surface area contributed by atoms with E-state index in [9.17, 15) is 14.3 Å². The molecule has 1 heterocycles. The van der Waals surface area contributed by atoms with Gasteiger partial charge in [0.15, 0.2) is 0 Å². The Morgan fingerprint density at radius 3 is 2.48 bits per heavy atom. The van der Waals surface area contributed by atoms with Gasteiger partial charge in [0.05, 0.1) is 11.7 Å². The maximum Gasteiger partial charge on any atom is 0.255 e. The number of benzene rings is 1. The summed E-state index contributed by atoms with van der Waals surface area (Å²) in [6, 6.07) is 8.05. The van der Waals surface area contributed by atoms with Crippen LogP contribution in [-0.4, -0.2) is 40.2 Å². The Morgan fingerprint density at radius 1 is 1.30 bits per heavy atom. The van der Waals surface area contributed by atoms with Crippen LogP contribution in [0.25, 0.3) is 5.69 Å². The number of hydrogen-bond donors (Lipinski definition) is 1. The SMILES string of the molecule is Cc1cc(C(=O)N(C)CCC(C)O)c(C)n1-c1ccc(F)cc1. The summed E-state index contributed by atoms with van der Waals surface area (Å²) in [5.74, 6) is -0.363. The highest BCUT2D eigenvalue weighted by atomic mass is 19.1. The molecule has 1 unspecified atom stereocenters. The molecule has 4 nitrogen and oxygen atoms in total. The second kappa shape index (κ2) is 6.96. The van der Waals surface area contributed by atoms with Crippen LogP contribution < -0.4 is 0 Å². The predicted molar refractivity (Wildman–Crippen MR) is 88.5 cm³/mol. The van der Waals surface area contributed by atoms with E-state index in [4.69, 9.17) is 0 Å². The van der Waals surface area contributed by atoms with Gasteiger partial charge in [-0.05, 0) is 57.5 Å². The van der Waals surface area contributed by atoms with Gasteiger partial charge >= 0.3 is 0 Å². The Hall–Kier alpha value is -2.14. The van der Waals surface area contributed by atoms with Crippen LogP contribution in [0.1, 0.15) is 35.1 Å². The molecular weight excluding hydrogens is 295 g/mol. The standard InChI is InChI=1S/C18H23FN2O2/c1-12-11-17(18(23)20(4)10-9-13(2)22)14(3)21(12)16-7-5-15(19)6-8-16/h5-8,11,13,22H,9-10H2,1-4H3. The number of carbonyl (C=O) groups excluding carboxylic acids is 1. The molecule has 2 aromatic rings. The highest BCUT2D eigenvalue weighted by Gasteiger charge is 2.19. The minimum Gasteiger partial charge on any atom is -0.393 e. The van der Waals surface area contributed by atoms with Gasteiger partial charge in [-0.3, -0.25) is 4.79 Å². The second-order valence-electron chi connectivity index (χ2n) is 5.96. The summed E-state index contributed by atoms with van der Waals surface area (Å²) in [7, 11) is 1.73. The topological polar surface area (TPSA) is 45.5 Å². The third-order valence-electron chi connectivity index (χ3n) is 3.98. The third kappa shape index (κ3) is 3.79. The van der Waals surface area contributed by atoms with Crippen molar-refractivity contribution in [2.75, 3.05) is 13.6 Å². The molecule has 1 N–H and O–H groups in total. The first-order chi connectivity index (χ1) is 10.8. The van der Waals surface area contributed by atoms with Crippen LogP contribution in [0.15, 0.2) is 30.3 Å². The van der Waals surface area contributed by atoms with E-state index in [1.807, 2.05) is 24.5 Å². The lowest BCUT2D eigenvalue weighted by Crippen LogP contribution is -2.29. The van der Waals surface area contributed by atoms with Crippen molar-refractivity contribution in [2.45, 2.75) is 33.3 Å². The molecule has 1 atom stereocenters. The number of nitrogens with zero attached hydrogens (tertiary/aromatic N) is 2. The van der Waals surface area contributed by atoms with E-state index in [1.54, 1.807) is 31.0 Å². The van der Waals surface area contributed by atoms with Crippen molar-refractivity contribution < 1.29 is 14.3 Å². The average molecular weight is 318 g/mol. The van der Waals surface area contributed by atoms with Crippen molar-refractivity contribution in [3.8, 4) is 5.69 Å². The van der Waals surface area contributed by atoms with Gasteiger partial charge in [0, 0.05) is 30.7 Å². The van der Waals surface area contributed by atoms with Gasteiger partial charge in [0.2, 0.25) is 0 Å². The molecule has 0 bridgehead atoms. The van der Waals surface area contributed by atoms with Crippen LogP contribution in [0, 0.1) is 19.7 Å². The molecular formula is C18H23FN2O2. The van der Waals surface area contributed by atoms with Crippen molar-refractivity contribution in [1.82, 2.24) is 9.47 Å². The average Bonchev–Trinajstić information content (AvgIpc) is 2.80. The van der Waals surface area contributed by atoms with E-state index in [0.29, 0.717) is 18.5 Å². The highest BCUT2D eigenvalue weighted by Crippen LogP contribution is 2.22. The molecule has 0 fully saturated rings. The number of aromatic nitrogens is 1. The number of amides is 1. The predicted octanol–water partition coefficient (Wildman–Crippen LogP) is 3.08. The summed E-state index contributed by atoms with van der Waals surface area (Å²) in [5, 5.41) is 9.35. The van der Waals surface area contributed by atoms with Crippen LogP contribution in [0.5, 0.6) is 0 Å². The van der Waals surface area contributed by atoms with Crippen molar-refractivity contribution >= 4 is 5.91 Å². The Balaban J connectivity index is 2.30. The Kier molecular flexibility index (Phi) is 5.21. The summed E-state index contributed by atoms with van der Waals surface area (Å²) < 4.78 is 15.0. The zero-order valence-corrected chi connectivity index (χ0v) is 14.0. The van der Waals surface area contributed by atoms with Gasteiger partial charge in [-0.2, -0.15) is 0 Å². The number of carbonyl (C=O) groups is 1. The van der Waals surface area contributed by atoms with Crippen LogP contribution in [0.4, 0.5) is 4.39 Å². The van der Waals surface area contributed by atoms with E-state index < -0.39 is 6.10 Å². The van der Waals surface area contributed by atoms with Gasteiger partial charge in [0.25, 0.3) is 5.91 Å². The van der Waals surface area contributed by atoms with Gasteiger partial charge in [-0.1, -0.05) is 0 Å². The first-order valence-electron chi connectivity index (χ1n) is 7.69. The summed E-state index contributed by atoms with van der Waals surface area (Å²) >= 11 is 0. The summed E-state index contributed by atoms with van der Waals surface area (Å²) in [5.41, 5.74) is 3.19. The van der Waals surface area contributed by atoms with Gasteiger partial charge in [0.1, 0.15) is 5.82 Å². The van der Waals surface area contributed by atoms with Crippen LogP contribution in [0.3, 0.4) is 0 Å². The molecule has 1 amide bonds. The lowest BCUT2D eigenvalue weighted by Gasteiger charge is -2.18. The lowest BCUT2D eigenvalue weighted by molar-refractivity contribution is 0.0768. The van der Waals surface area contributed by atoms with E-state index in [1.165, 1.54) is 12.1 Å². The fourth-order valence-electron chi connectivity index (χ4n) is 2.65. The number of aryl methyl sites for hydroxylation is 1. The largest absolute Gasteiger partial charge is 0.393 e. The van der Waals surface area contributed by atoms with Crippen LogP contribution in [-0.2, 0) is 0 Å². The van der Waals surface area contributed by atoms with Gasteiger partial charge in [-0.15, -0.1) is 0 Å². The summed E-state index contributed by atoms with van der Waals surface area (Å²) in [4.78, 5) is 14.2. The lowest BCUT2D eigenvalue weighted by atomic mass is 10.2. The van der Waals surface area contributed by atoms with Crippen molar-refractivity contribution in [1.29, 1.82) is 0 Å². The van der Waals surface area contributed by atoms with Crippen molar-refractivity contribution in [3.63, 3.8) is 0 Å². The molecule has 0 spiro atoms. The molecule has 5 heteroatoms. The molecule has 0 aliphatic rings. The number of aliphatic hydroxyl groups excluding tert-OH is 1. The molecule has 0 aliphatic heterocycles. The number of halogens is 1. The Morgan fingerprint density at radius 2 is 1.91 bits per heavy atom. The monoisotopic (exact) mass is 318 g/mol. The zero-order valence-electron chi connectivity index (χ0n) is 14.0. The maximum atomic E-state index is 13.1. The molecule has 0 radical (unpaired) electrons. The normalized spacial score (nSPS) is 12.3. The van der Waals surface area contributed by atoms with Gasteiger partial charge < -0.3 is 14.6 Å². The molecule has 23 heavy (non-hydrogen) atoms. The van der Waals surface area contributed by atoms with E-state index in [2.05, 4.69) is 0 Å².